The van der Waals surface area contributed by atoms with Crippen molar-refractivity contribution in [1.82, 2.24) is 14.9 Å². The van der Waals surface area contributed by atoms with Crippen molar-refractivity contribution in [1.29, 1.82) is 0 Å². The fraction of sp³-hybridized carbons (Fsp3) is 0.333. The second kappa shape index (κ2) is 8.04. The molecule has 0 saturated carbocycles. The maximum absolute atomic E-state index is 13.1. The largest absolute Gasteiger partial charge is 0.367 e. The molecule has 1 aromatic heterocycles. The zero-order valence-electron chi connectivity index (χ0n) is 16.2. The number of anilines is 1. The summed E-state index contributed by atoms with van der Waals surface area (Å²) in [5.41, 5.74) is 1.82. The Kier molecular flexibility index (Phi) is 5.47. The Balaban J connectivity index is 1.44. The molecule has 8 heteroatoms. The SMILES string of the molecule is CS(=O)(=O)c1ccc2ncnc(NC3CCN(Cc4ccc(F)cc4)CC3)c2c1. The van der Waals surface area contributed by atoms with Crippen LogP contribution in [0.1, 0.15) is 18.4 Å². The average Bonchev–Trinajstić information content (AvgIpc) is 2.70. The number of nitrogens with one attached hydrogen (secondary N) is 1. The highest BCUT2D eigenvalue weighted by atomic mass is 32.2. The molecule has 1 aliphatic rings. The zero-order valence-corrected chi connectivity index (χ0v) is 17.0. The molecule has 0 unspecified atom stereocenters. The molecule has 2 heterocycles. The Morgan fingerprint density at radius 2 is 1.83 bits per heavy atom. The number of fused-ring (bicyclic) bond motifs is 1. The number of benzene rings is 2. The summed E-state index contributed by atoms with van der Waals surface area (Å²) in [5.74, 6) is 0.449. The monoisotopic (exact) mass is 414 g/mol. The third-order valence-electron chi connectivity index (χ3n) is 5.28. The molecule has 0 spiro atoms. The van der Waals surface area contributed by atoms with E-state index in [4.69, 9.17) is 0 Å². The van der Waals surface area contributed by atoms with Gasteiger partial charge in [0.15, 0.2) is 9.84 Å². The third kappa shape index (κ3) is 4.71. The van der Waals surface area contributed by atoms with E-state index in [0.717, 1.165) is 38.0 Å². The number of rotatable bonds is 5. The van der Waals surface area contributed by atoms with Crippen LogP contribution in [0.25, 0.3) is 10.9 Å². The molecule has 2 aromatic carbocycles. The lowest BCUT2D eigenvalue weighted by atomic mass is 10.0. The molecule has 1 N–H and O–H groups in total. The molecule has 1 fully saturated rings. The predicted octanol–water partition coefficient (Wildman–Crippen LogP) is 3.25. The Hall–Kier alpha value is -2.58. The van der Waals surface area contributed by atoms with Crippen LogP contribution in [0, 0.1) is 5.82 Å². The van der Waals surface area contributed by atoms with Crippen molar-refractivity contribution in [2.24, 2.45) is 0 Å². The highest BCUT2D eigenvalue weighted by Gasteiger charge is 2.20. The van der Waals surface area contributed by atoms with Gasteiger partial charge in [0.2, 0.25) is 0 Å². The van der Waals surface area contributed by atoms with E-state index in [-0.39, 0.29) is 16.8 Å². The van der Waals surface area contributed by atoms with Gasteiger partial charge in [-0.05, 0) is 48.7 Å². The molecule has 152 valence electrons. The number of hydrogen-bond acceptors (Lipinski definition) is 6. The molecule has 1 aliphatic heterocycles. The lowest BCUT2D eigenvalue weighted by Gasteiger charge is -2.32. The molecule has 29 heavy (non-hydrogen) atoms. The van der Waals surface area contributed by atoms with Crippen molar-refractivity contribution in [2.45, 2.75) is 30.3 Å². The molecule has 0 aliphatic carbocycles. The molecule has 0 atom stereocenters. The van der Waals surface area contributed by atoms with Gasteiger partial charge in [-0.2, -0.15) is 0 Å². The number of nitrogens with zero attached hydrogens (tertiary/aromatic N) is 3. The van der Waals surface area contributed by atoms with Crippen molar-refractivity contribution in [3.8, 4) is 0 Å². The minimum absolute atomic E-state index is 0.215. The lowest BCUT2D eigenvalue weighted by molar-refractivity contribution is 0.211. The summed E-state index contributed by atoms with van der Waals surface area (Å²) in [5, 5.41) is 4.18. The summed E-state index contributed by atoms with van der Waals surface area (Å²) in [6.45, 7) is 2.65. The van der Waals surface area contributed by atoms with Crippen LogP contribution >= 0.6 is 0 Å². The maximum Gasteiger partial charge on any atom is 0.175 e. The third-order valence-corrected chi connectivity index (χ3v) is 6.39. The van der Waals surface area contributed by atoms with Crippen molar-refractivity contribution in [3.05, 3.63) is 60.2 Å². The number of aromatic nitrogens is 2. The van der Waals surface area contributed by atoms with Crippen LogP contribution in [0.15, 0.2) is 53.7 Å². The molecule has 3 aromatic rings. The van der Waals surface area contributed by atoms with Crippen LogP contribution in [0.3, 0.4) is 0 Å². The summed E-state index contributed by atoms with van der Waals surface area (Å²) in [6, 6.07) is 11.8. The maximum atomic E-state index is 13.1. The Bertz CT molecular complexity index is 1110. The minimum atomic E-state index is -3.30. The topological polar surface area (TPSA) is 75.2 Å². The van der Waals surface area contributed by atoms with Gasteiger partial charge in [0.1, 0.15) is 18.0 Å². The number of piperidine rings is 1. The van der Waals surface area contributed by atoms with Crippen LogP contribution < -0.4 is 5.32 Å². The minimum Gasteiger partial charge on any atom is -0.367 e. The van der Waals surface area contributed by atoms with Gasteiger partial charge in [0.05, 0.1) is 10.4 Å². The zero-order chi connectivity index (χ0) is 20.4. The van der Waals surface area contributed by atoms with E-state index in [2.05, 4.69) is 20.2 Å². The summed E-state index contributed by atoms with van der Waals surface area (Å²) in [6.07, 6.45) is 4.58. The van der Waals surface area contributed by atoms with Crippen LogP contribution in [-0.4, -0.2) is 48.7 Å². The molecule has 0 amide bonds. The van der Waals surface area contributed by atoms with Crippen LogP contribution in [0.4, 0.5) is 10.2 Å². The summed E-state index contributed by atoms with van der Waals surface area (Å²) < 4.78 is 36.8. The van der Waals surface area contributed by atoms with Gasteiger partial charge in [0, 0.05) is 37.3 Å². The second-order valence-corrected chi connectivity index (χ2v) is 9.51. The van der Waals surface area contributed by atoms with E-state index >= 15 is 0 Å². The quantitative estimate of drug-likeness (QED) is 0.691. The van der Waals surface area contributed by atoms with Gasteiger partial charge in [-0.3, -0.25) is 4.90 Å². The Labute approximate surface area is 169 Å². The van der Waals surface area contributed by atoms with Crippen LogP contribution in [-0.2, 0) is 16.4 Å². The van der Waals surface area contributed by atoms with Gasteiger partial charge < -0.3 is 5.32 Å². The normalized spacial score (nSPS) is 16.2. The van der Waals surface area contributed by atoms with Gasteiger partial charge in [-0.15, -0.1) is 0 Å². The van der Waals surface area contributed by atoms with Crippen molar-refractivity contribution < 1.29 is 12.8 Å². The summed E-state index contributed by atoms with van der Waals surface area (Å²) >= 11 is 0. The first-order valence-electron chi connectivity index (χ1n) is 9.57. The Morgan fingerprint density at radius 3 is 2.52 bits per heavy atom. The number of halogens is 1. The molecule has 0 radical (unpaired) electrons. The van der Waals surface area contributed by atoms with E-state index < -0.39 is 9.84 Å². The molecule has 0 bridgehead atoms. The van der Waals surface area contributed by atoms with Crippen molar-refractivity contribution in [2.75, 3.05) is 24.7 Å². The first kappa shape index (κ1) is 19.7. The number of hydrogen-bond donors (Lipinski definition) is 1. The van der Waals surface area contributed by atoms with E-state index in [9.17, 15) is 12.8 Å². The van der Waals surface area contributed by atoms with E-state index in [0.29, 0.717) is 16.7 Å². The smallest absolute Gasteiger partial charge is 0.175 e. The molecular weight excluding hydrogens is 391 g/mol. The first-order chi connectivity index (χ1) is 13.9. The van der Waals surface area contributed by atoms with Gasteiger partial charge >= 0.3 is 0 Å². The summed E-state index contributed by atoms with van der Waals surface area (Å²) in [4.78, 5) is 11.2. The van der Waals surface area contributed by atoms with Crippen molar-refractivity contribution >= 4 is 26.6 Å². The Morgan fingerprint density at radius 1 is 1.10 bits per heavy atom. The second-order valence-electron chi connectivity index (χ2n) is 7.49. The fourth-order valence-corrected chi connectivity index (χ4v) is 4.31. The van der Waals surface area contributed by atoms with Gasteiger partial charge in [0.25, 0.3) is 0 Å². The molecule has 6 nitrogen and oxygen atoms in total. The van der Waals surface area contributed by atoms with Crippen LogP contribution in [0.5, 0.6) is 0 Å². The first-order valence-corrected chi connectivity index (χ1v) is 11.5. The number of sulfone groups is 1. The van der Waals surface area contributed by atoms with E-state index in [1.54, 1.807) is 18.2 Å². The van der Waals surface area contributed by atoms with E-state index in [1.807, 2.05) is 12.1 Å². The van der Waals surface area contributed by atoms with Gasteiger partial charge in [-0.25, -0.2) is 22.8 Å². The van der Waals surface area contributed by atoms with Crippen molar-refractivity contribution in [3.63, 3.8) is 0 Å². The fourth-order valence-electron chi connectivity index (χ4n) is 3.66. The molecule has 1 saturated heterocycles. The number of likely N-dealkylation sites (tertiary alicyclic amines) is 1. The van der Waals surface area contributed by atoms with E-state index in [1.165, 1.54) is 24.7 Å². The lowest BCUT2D eigenvalue weighted by Crippen LogP contribution is -2.38. The van der Waals surface area contributed by atoms with Crippen LogP contribution in [0.2, 0.25) is 0 Å². The standard InChI is InChI=1S/C21H23FN4O2S/c1-29(27,28)18-6-7-20-19(12-18)21(24-14-23-20)25-17-8-10-26(11-9-17)13-15-2-4-16(22)5-3-15/h2-7,12,14,17H,8-11,13H2,1H3,(H,23,24,25). The predicted molar refractivity (Wildman–Crippen MR) is 111 cm³/mol. The molecule has 4 rings (SSSR count). The van der Waals surface area contributed by atoms with Gasteiger partial charge in [-0.1, -0.05) is 12.1 Å². The average molecular weight is 415 g/mol. The highest BCUT2D eigenvalue weighted by molar-refractivity contribution is 7.90. The molecular formula is C21H23FN4O2S. The highest BCUT2D eigenvalue weighted by Crippen LogP contribution is 2.25. The summed E-state index contributed by atoms with van der Waals surface area (Å²) in [7, 11) is -3.30.